The number of hydrogen-bond donors (Lipinski definition) is 1. The molecule has 0 aromatic heterocycles. The Bertz CT molecular complexity index is 896. The molecular formula is C16H9N3. The molecule has 19 heavy (non-hydrogen) atoms. The molecule has 0 bridgehead atoms. The van der Waals surface area contributed by atoms with Gasteiger partial charge in [0, 0.05) is 27.2 Å². The van der Waals surface area contributed by atoms with Gasteiger partial charge in [0.25, 0.3) is 0 Å². The van der Waals surface area contributed by atoms with E-state index in [1.54, 1.807) is 18.2 Å². The topological polar surface area (TPSA) is 73.6 Å². The van der Waals surface area contributed by atoms with Crippen molar-refractivity contribution in [2.45, 2.75) is 0 Å². The maximum Gasteiger partial charge on any atom is 0.100 e. The maximum atomic E-state index is 9.41. The molecule has 0 fully saturated rings. The minimum atomic E-state index is 0.567. The lowest BCUT2D eigenvalue weighted by Crippen LogP contribution is -1.92. The molecule has 0 saturated heterocycles. The largest absolute Gasteiger partial charge is 0.399 e. The average molecular weight is 243 g/mol. The predicted octanol–water partition coefficient (Wildman–Crippen LogP) is 3.32. The van der Waals surface area contributed by atoms with Gasteiger partial charge in [-0.15, -0.1) is 0 Å². The highest BCUT2D eigenvalue weighted by molar-refractivity contribution is 6.09. The highest BCUT2D eigenvalue weighted by atomic mass is 14.5. The fraction of sp³-hybridized carbons (Fsp3) is 0. The molecule has 3 nitrogen and oxygen atoms in total. The van der Waals surface area contributed by atoms with Crippen LogP contribution in [0.25, 0.3) is 21.5 Å². The Kier molecular flexibility index (Phi) is 2.34. The molecule has 3 aromatic rings. The van der Waals surface area contributed by atoms with Crippen molar-refractivity contribution in [2.24, 2.45) is 0 Å². The van der Waals surface area contributed by atoms with E-state index in [1.807, 2.05) is 24.3 Å². The average Bonchev–Trinajstić information content (AvgIpc) is 2.44. The number of hydrogen-bond acceptors (Lipinski definition) is 3. The van der Waals surface area contributed by atoms with Gasteiger partial charge in [0.2, 0.25) is 0 Å². The van der Waals surface area contributed by atoms with Gasteiger partial charge in [0.05, 0.1) is 11.1 Å². The van der Waals surface area contributed by atoms with Gasteiger partial charge in [-0.25, -0.2) is 0 Å². The first kappa shape index (κ1) is 11.1. The van der Waals surface area contributed by atoms with Crippen LogP contribution in [-0.2, 0) is 0 Å². The van der Waals surface area contributed by atoms with Crippen molar-refractivity contribution in [1.29, 1.82) is 10.5 Å². The van der Waals surface area contributed by atoms with E-state index in [9.17, 15) is 10.5 Å². The van der Waals surface area contributed by atoms with Crippen LogP contribution in [0.2, 0.25) is 0 Å². The first-order valence-corrected chi connectivity index (χ1v) is 5.80. The standard InChI is InChI=1S/C16H9N3/c17-8-15-11-3-1-2-4-12(11)16(9-18)14-7-10(19)5-6-13(14)15/h1-7H,19H2. The molecule has 0 aliphatic heterocycles. The van der Waals surface area contributed by atoms with Gasteiger partial charge in [-0.1, -0.05) is 30.3 Å². The van der Waals surface area contributed by atoms with E-state index in [1.165, 1.54) is 0 Å². The molecule has 0 atom stereocenters. The predicted molar refractivity (Wildman–Crippen MR) is 75.3 cm³/mol. The lowest BCUT2D eigenvalue weighted by atomic mass is 9.92. The first-order chi connectivity index (χ1) is 9.26. The Labute approximate surface area is 110 Å². The summed E-state index contributed by atoms with van der Waals surface area (Å²) in [6.07, 6.45) is 0. The molecule has 3 heteroatoms. The lowest BCUT2D eigenvalue weighted by Gasteiger charge is -2.09. The zero-order valence-corrected chi connectivity index (χ0v) is 10.0. The summed E-state index contributed by atoms with van der Waals surface area (Å²) in [4.78, 5) is 0. The molecular weight excluding hydrogens is 234 g/mol. The van der Waals surface area contributed by atoms with Crippen LogP contribution >= 0.6 is 0 Å². The molecule has 3 rings (SSSR count). The van der Waals surface area contributed by atoms with Crippen LogP contribution in [0.3, 0.4) is 0 Å². The van der Waals surface area contributed by atoms with Crippen LogP contribution in [0.5, 0.6) is 0 Å². The second-order valence-corrected chi connectivity index (χ2v) is 4.32. The smallest absolute Gasteiger partial charge is 0.100 e. The molecule has 0 aliphatic rings. The van der Waals surface area contributed by atoms with Gasteiger partial charge in [-0.2, -0.15) is 10.5 Å². The van der Waals surface area contributed by atoms with Gasteiger partial charge in [-0.3, -0.25) is 0 Å². The Morgan fingerprint density at radius 2 is 1.26 bits per heavy atom. The molecule has 0 heterocycles. The molecule has 88 valence electrons. The summed E-state index contributed by atoms with van der Waals surface area (Å²) in [5.41, 5.74) is 7.53. The number of rotatable bonds is 0. The summed E-state index contributed by atoms with van der Waals surface area (Å²) < 4.78 is 0. The van der Waals surface area contributed by atoms with Crippen molar-refractivity contribution in [3.8, 4) is 12.1 Å². The normalized spacial score (nSPS) is 10.2. The number of nitriles is 2. The maximum absolute atomic E-state index is 9.41. The third-order valence-electron chi connectivity index (χ3n) is 3.27. The summed E-state index contributed by atoms with van der Waals surface area (Å²) in [7, 11) is 0. The number of nitrogens with two attached hydrogens (primary N) is 1. The van der Waals surface area contributed by atoms with E-state index in [-0.39, 0.29) is 0 Å². The molecule has 3 aromatic carbocycles. The van der Waals surface area contributed by atoms with Crippen LogP contribution in [-0.4, -0.2) is 0 Å². The third-order valence-corrected chi connectivity index (χ3v) is 3.27. The highest BCUT2D eigenvalue weighted by Crippen LogP contribution is 2.33. The fourth-order valence-electron chi connectivity index (χ4n) is 2.44. The quantitative estimate of drug-likeness (QED) is 0.486. The number of nitrogen functional groups attached to an aromatic ring is 1. The lowest BCUT2D eigenvalue weighted by molar-refractivity contribution is 1.50. The minimum absolute atomic E-state index is 0.567. The van der Waals surface area contributed by atoms with E-state index in [0.29, 0.717) is 16.8 Å². The molecule has 0 radical (unpaired) electrons. The monoisotopic (exact) mass is 243 g/mol. The van der Waals surface area contributed by atoms with Gasteiger partial charge in [0.1, 0.15) is 12.1 Å². The molecule has 2 N–H and O–H groups in total. The summed E-state index contributed by atoms with van der Waals surface area (Å²) >= 11 is 0. The van der Waals surface area contributed by atoms with Crippen molar-refractivity contribution in [2.75, 3.05) is 5.73 Å². The summed E-state index contributed by atoms with van der Waals surface area (Å²) in [5, 5.41) is 21.9. The van der Waals surface area contributed by atoms with Crippen LogP contribution in [0.4, 0.5) is 5.69 Å². The zero-order valence-electron chi connectivity index (χ0n) is 10.0. The fourth-order valence-corrected chi connectivity index (χ4v) is 2.44. The van der Waals surface area contributed by atoms with E-state index < -0.39 is 0 Å². The summed E-state index contributed by atoms with van der Waals surface area (Å²) in [5.74, 6) is 0. The molecule has 0 spiro atoms. The van der Waals surface area contributed by atoms with Crippen molar-refractivity contribution < 1.29 is 0 Å². The van der Waals surface area contributed by atoms with Gasteiger partial charge < -0.3 is 5.73 Å². The molecule has 0 amide bonds. The minimum Gasteiger partial charge on any atom is -0.399 e. The molecule has 0 saturated carbocycles. The summed E-state index contributed by atoms with van der Waals surface area (Å²) in [6, 6.07) is 17.2. The Balaban J connectivity index is 2.71. The van der Waals surface area contributed by atoms with Gasteiger partial charge in [0.15, 0.2) is 0 Å². The number of anilines is 1. The van der Waals surface area contributed by atoms with Gasteiger partial charge in [-0.05, 0) is 12.1 Å². The van der Waals surface area contributed by atoms with Crippen LogP contribution in [0, 0.1) is 22.7 Å². The third kappa shape index (κ3) is 1.50. The number of benzene rings is 3. The summed E-state index contributed by atoms with van der Waals surface area (Å²) in [6.45, 7) is 0. The van der Waals surface area contributed by atoms with E-state index in [4.69, 9.17) is 5.73 Å². The van der Waals surface area contributed by atoms with Crippen LogP contribution in [0.1, 0.15) is 11.1 Å². The van der Waals surface area contributed by atoms with E-state index in [2.05, 4.69) is 12.1 Å². The first-order valence-electron chi connectivity index (χ1n) is 5.80. The Morgan fingerprint density at radius 3 is 1.84 bits per heavy atom. The van der Waals surface area contributed by atoms with Gasteiger partial charge >= 0.3 is 0 Å². The Hall–Kier alpha value is -3.04. The van der Waals surface area contributed by atoms with Crippen molar-refractivity contribution in [3.05, 3.63) is 53.6 Å². The molecule has 0 aliphatic carbocycles. The van der Waals surface area contributed by atoms with Crippen LogP contribution in [0.15, 0.2) is 42.5 Å². The van der Waals surface area contributed by atoms with E-state index in [0.717, 1.165) is 21.5 Å². The second kappa shape index (κ2) is 4.01. The number of fused-ring (bicyclic) bond motifs is 2. The van der Waals surface area contributed by atoms with Crippen molar-refractivity contribution in [3.63, 3.8) is 0 Å². The van der Waals surface area contributed by atoms with Crippen LogP contribution < -0.4 is 5.73 Å². The van der Waals surface area contributed by atoms with Crippen molar-refractivity contribution in [1.82, 2.24) is 0 Å². The zero-order chi connectivity index (χ0) is 13.4. The SMILES string of the molecule is N#Cc1c2ccccc2c(C#N)c2cc(N)ccc12. The molecule has 0 unspecified atom stereocenters. The highest BCUT2D eigenvalue weighted by Gasteiger charge is 2.13. The van der Waals surface area contributed by atoms with Crippen molar-refractivity contribution >= 4 is 27.2 Å². The van der Waals surface area contributed by atoms with E-state index >= 15 is 0 Å². The second-order valence-electron chi connectivity index (χ2n) is 4.32. The number of nitrogens with zero attached hydrogens (tertiary/aromatic N) is 2. The Morgan fingerprint density at radius 1 is 0.737 bits per heavy atom.